The van der Waals surface area contributed by atoms with Crippen LogP contribution < -0.4 is 0 Å². The molecule has 0 N–H and O–H groups in total. The van der Waals surface area contributed by atoms with Crippen LogP contribution >= 0.6 is 0 Å². The molecular formula is C11H8NO. The van der Waals surface area contributed by atoms with Crippen LogP contribution in [0.4, 0.5) is 0 Å². The first-order chi connectivity index (χ1) is 6.31. The summed E-state index contributed by atoms with van der Waals surface area (Å²) >= 11 is 0. The lowest BCUT2D eigenvalue weighted by Gasteiger charge is -2.00. The van der Waals surface area contributed by atoms with Crippen LogP contribution in [-0.2, 0) is 4.79 Å². The molecule has 2 rings (SSSR count). The summed E-state index contributed by atoms with van der Waals surface area (Å²) in [4.78, 5) is 14.5. The van der Waals surface area contributed by atoms with E-state index in [0.29, 0.717) is 5.69 Å². The molecule has 0 spiro atoms. The Morgan fingerprint density at radius 2 is 2.08 bits per heavy atom. The van der Waals surface area contributed by atoms with Crippen molar-refractivity contribution in [2.45, 2.75) is 6.92 Å². The molecule has 1 heterocycles. The van der Waals surface area contributed by atoms with Gasteiger partial charge in [-0.3, -0.25) is 4.79 Å². The number of nitrogens with zero attached hydrogens (tertiary/aromatic N) is 1. The minimum atomic E-state index is 0.371. The Balaban J connectivity index is 2.84. The molecule has 0 fully saturated rings. The monoisotopic (exact) mass is 170 g/mol. The van der Waals surface area contributed by atoms with Crippen LogP contribution in [0.15, 0.2) is 30.3 Å². The Hall–Kier alpha value is -1.70. The summed E-state index contributed by atoms with van der Waals surface area (Å²) in [5.74, 6) is 0. The van der Waals surface area contributed by atoms with Crippen LogP contribution in [-0.4, -0.2) is 11.3 Å². The van der Waals surface area contributed by atoms with Gasteiger partial charge in [-0.15, -0.1) is 0 Å². The average Bonchev–Trinajstić information content (AvgIpc) is 2.18. The molecule has 0 aliphatic carbocycles. The van der Waals surface area contributed by atoms with Crippen LogP contribution in [0.25, 0.3) is 10.9 Å². The largest absolute Gasteiger partial charge is 0.283 e. The molecule has 0 aliphatic rings. The summed E-state index contributed by atoms with van der Waals surface area (Å²) in [7, 11) is 0. The number of hydrogen-bond donors (Lipinski definition) is 0. The van der Waals surface area contributed by atoms with Crippen molar-refractivity contribution in [1.29, 1.82) is 0 Å². The van der Waals surface area contributed by atoms with E-state index in [2.05, 4.69) is 4.98 Å². The molecule has 2 heteroatoms. The number of para-hydroxylation sites is 1. The lowest BCUT2D eigenvalue weighted by molar-refractivity contribution is 0.561. The molecule has 2 aromatic rings. The first-order valence-corrected chi connectivity index (χ1v) is 4.06. The molecular weight excluding hydrogens is 162 g/mol. The van der Waals surface area contributed by atoms with Crippen molar-refractivity contribution in [3.05, 3.63) is 41.6 Å². The summed E-state index contributed by atoms with van der Waals surface area (Å²) in [6.45, 7) is 1.96. The van der Waals surface area contributed by atoms with Crippen molar-refractivity contribution in [2.24, 2.45) is 0 Å². The first-order valence-electron chi connectivity index (χ1n) is 4.06. The van der Waals surface area contributed by atoms with Crippen molar-refractivity contribution in [3.63, 3.8) is 0 Å². The van der Waals surface area contributed by atoms with Crippen molar-refractivity contribution in [3.8, 4) is 0 Å². The number of hydrogen-bond acceptors (Lipinski definition) is 2. The second-order valence-corrected chi connectivity index (χ2v) is 2.94. The number of aromatic nitrogens is 1. The Kier molecular flexibility index (Phi) is 1.81. The Bertz CT molecular complexity index is 463. The van der Waals surface area contributed by atoms with Gasteiger partial charge >= 0.3 is 0 Å². The molecule has 0 unspecified atom stereocenters. The van der Waals surface area contributed by atoms with Gasteiger partial charge in [-0.25, -0.2) is 4.98 Å². The predicted octanol–water partition coefficient (Wildman–Crippen LogP) is 2.00. The number of carbonyl (C=O) groups excluding carboxylic acids is 1. The van der Waals surface area contributed by atoms with E-state index in [0.717, 1.165) is 16.5 Å². The molecule has 1 radical (unpaired) electrons. The molecule has 1 aromatic heterocycles. The maximum atomic E-state index is 10.4. The molecule has 0 atom stereocenters. The van der Waals surface area contributed by atoms with Crippen molar-refractivity contribution < 1.29 is 4.79 Å². The quantitative estimate of drug-likeness (QED) is 0.655. The third kappa shape index (κ3) is 1.31. The maximum absolute atomic E-state index is 10.4. The van der Waals surface area contributed by atoms with Gasteiger partial charge in [-0.2, -0.15) is 0 Å². The molecule has 1 aromatic carbocycles. The topological polar surface area (TPSA) is 30.0 Å². The highest BCUT2D eigenvalue weighted by molar-refractivity contribution is 5.86. The van der Waals surface area contributed by atoms with E-state index >= 15 is 0 Å². The Labute approximate surface area is 76.2 Å². The van der Waals surface area contributed by atoms with Crippen LogP contribution in [0.2, 0.25) is 0 Å². The number of fused-ring (bicyclic) bond motifs is 1. The summed E-state index contributed by atoms with van der Waals surface area (Å²) in [5.41, 5.74) is 2.28. The highest BCUT2D eigenvalue weighted by Crippen LogP contribution is 2.16. The fourth-order valence-corrected chi connectivity index (χ4v) is 1.40. The van der Waals surface area contributed by atoms with E-state index in [1.165, 1.54) is 0 Å². The molecule has 13 heavy (non-hydrogen) atoms. The standard InChI is InChI=1S/C11H8NO/c1-8-6-9(7-13)12-11-5-3-2-4-10(8)11/h2-6H,1H3. The third-order valence-electron chi connectivity index (χ3n) is 2.03. The van der Waals surface area contributed by atoms with Gasteiger partial charge in [0.25, 0.3) is 6.29 Å². The first kappa shape index (κ1) is 7.92. The van der Waals surface area contributed by atoms with Crippen LogP contribution in [0.3, 0.4) is 0 Å². The number of aryl methyl sites for hydroxylation is 1. The lowest BCUT2D eigenvalue weighted by Crippen LogP contribution is -1.90. The zero-order valence-corrected chi connectivity index (χ0v) is 7.24. The summed E-state index contributed by atoms with van der Waals surface area (Å²) in [5, 5.41) is 1.08. The van der Waals surface area contributed by atoms with Gasteiger partial charge in [0.15, 0.2) is 0 Å². The van der Waals surface area contributed by atoms with E-state index in [9.17, 15) is 4.79 Å². The number of benzene rings is 1. The molecule has 0 bridgehead atoms. The fraction of sp³-hybridized carbons (Fsp3) is 0.0909. The zero-order chi connectivity index (χ0) is 9.26. The molecule has 0 saturated heterocycles. The zero-order valence-electron chi connectivity index (χ0n) is 7.24. The molecule has 2 nitrogen and oxygen atoms in total. The van der Waals surface area contributed by atoms with Gasteiger partial charge in [0, 0.05) is 5.39 Å². The smallest absolute Gasteiger partial charge is 0.253 e. The number of pyridine rings is 1. The summed E-state index contributed by atoms with van der Waals surface area (Å²) < 4.78 is 0. The summed E-state index contributed by atoms with van der Waals surface area (Å²) in [6, 6.07) is 9.50. The van der Waals surface area contributed by atoms with E-state index < -0.39 is 0 Å². The second-order valence-electron chi connectivity index (χ2n) is 2.94. The highest BCUT2D eigenvalue weighted by Gasteiger charge is 2.00. The van der Waals surface area contributed by atoms with Gasteiger partial charge in [0.1, 0.15) is 5.69 Å². The van der Waals surface area contributed by atoms with Gasteiger partial charge in [-0.1, -0.05) is 18.2 Å². The van der Waals surface area contributed by atoms with E-state index in [1.54, 1.807) is 12.4 Å². The summed E-state index contributed by atoms with van der Waals surface area (Å²) in [6.07, 6.45) is 1.80. The fourth-order valence-electron chi connectivity index (χ4n) is 1.40. The molecule has 0 amide bonds. The lowest BCUT2D eigenvalue weighted by atomic mass is 10.1. The molecule has 0 aliphatic heterocycles. The van der Waals surface area contributed by atoms with Gasteiger partial charge in [0.05, 0.1) is 5.52 Å². The van der Waals surface area contributed by atoms with Crippen molar-refractivity contribution >= 4 is 17.2 Å². The van der Waals surface area contributed by atoms with Crippen molar-refractivity contribution in [2.75, 3.05) is 0 Å². The van der Waals surface area contributed by atoms with Crippen LogP contribution in [0, 0.1) is 6.92 Å². The number of rotatable bonds is 1. The Morgan fingerprint density at radius 1 is 1.31 bits per heavy atom. The SMILES string of the molecule is Cc1cc([C]=O)nc2ccccc12. The van der Waals surface area contributed by atoms with Gasteiger partial charge < -0.3 is 0 Å². The molecule has 0 saturated carbocycles. The second kappa shape index (κ2) is 2.98. The van der Waals surface area contributed by atoms with Crippen molar-refractivity contribution in [1.82, 2.24) is 4.98 Å². The predicted molar refractivity (Wildman–Crippen MR) is 51.3 cm³/mol. The average molecular weight is 170 g/mol. The van der Waals surface area contributed by atoms with Gasteiger partial charge in [0.2, 0.25) is 0 Å². The van der Waals surface area contributed by atoms with E-state index in [1.807, 2.05) is 31.2 Å². The van der Waals surface area contributed by atoms with E-state index in [4.69, 9.17) is 0 Å². The molecule has 63 valence electrons. The van der Waals surface area contributed by atoms with Crippen LogP contribution in [0.5, 0.6) is 0 Å². The Morgan fingerprint density at radius 3 is 2.85 bits per heavy atom. The van der Waals surface area contributed by atoms with E-state index in [-0.39, 0.29) is 0 Å². The highest BCUT2D eigenvalue weighted by atomic mass is 16.1. The van der Waals surface area contributed by atoms with Crippen LogP contribution in [0.1, 0.15) is 11.3 Å². The minimum absolute atomic E-state index is 0.371. The normalized spacial score (nSPS) is 10.2. The maximum Gasteiger partial charge on any atom is 0.253 e. The van der Waals surface area contributed by atoms with Gasteiger partial charge in [-0.05, 0) is 24.6 Å². The minimum Gasteiger partial charge on any atom is -0.283 e. The third-order valence-corrected chi connectivity index (χ3v) is 2.03.